The maximum Gasteiger partial charge on any atom is 0.333 e. The highest BCUT2D eigenvalue weighted by Crippen LogP contribution is 2.57. The molecule has 1 heterocycles. The van der Waals surface area contributed by atoms with E-state index in [-0.39, 0.29) is 5.97 Å². The number of esters is 1. The van der Waals surface area contributed by atoms with Gasteiger partial charge < -0.3 is 4.74 Å². The minimum Gasteiger partial charge on any atom is -0.463 e. The molecule has 3 heteroatoms. The average molecular weight is 212 g/mol. The van der Waals surface area contributed by atoms with Gasteiger partial charge in [0.1, 0.15) is 0 Å². The van der Waals surface area contributed by atoms with Gasteiger partial charge in [0.05, 0.1) is 6.61 Å². The predicted molar refractivity (Wildman–Crippen MR) is 58.2 cm³/mol. The van der Waals surface area contributed by atoms with Crippen LogP contribution in [-0.4, -0.2) is 24.1 Å². The van der Waals surface area contributed by atoms with E-state index in [1.165, 1.54) is 17.9 Å². The van der Waals surface area contributed by atoms with Gasteiger partial charge in [0.25, 0.3) is 0 Å². The first-order chi connectivity index (χ1) is 6.75. The quantitative estimate of drug-likeness (QED) is 0.529. The smallest absolute Gasteiger partial charge is 0.333 e. The molecule has 0 aromatic rings. The van der Waals surface area contributed by atoms with Gasteiger partial charge in [-0.15, -0.1) is 0 Å². The topological polar surface area (TPSA) is 26.3 Å². The number of fused-ring (bicyclic) bond motifs is 1. The Morgan fingerprint density at radius 2 is 2.36 bits per heavy atom. The summed E-state index contributed by atoms with van der Waals surface area (Å²) in [5.41, 5.74) is 0.712. The fourth-order valence-corrected chi connectivity index (χ4v) is 3.71. The Balaban J connectivity index is 1.91. The van der Waals surface area contributed by atoms with E-state index in [0.29, 0.717) is 24.0 Å². The van der Waals surface area contributed by atoms with Crippen molar-refractivity contribution in [2.24, 2.45) is 17.8 Å². The molecule has 0 spiro atoms. The Hall–Kier alpha value is -0.440. The van der Waals surface area contributed by atoms with E-state index in [4.69, 9.17) is 4.74 Å². The normalized spacial score (nSPS) is 34.5. The molecule has 0 N–H and O–H groups in total. The summed E-state index contributed by atoms with van der Waals surface area (Å²) in [5.74, 6) is 4.14. The van der Waals surface area contributed by atoms with Gasteiger partial charge in [-0.25, -0.2) is 4.79 Å². The molecule has 2 aliphatic rings. The monoisotopic (exact) mass is 212 g/mol. The van der Waals surface area contributed by atoms with Gasteiger partial charge in [0.15, 0.2) is 0 Å². The molecule has 1 aliphatic heterocycles. The average Bonchev–Trinajstić information content (AvgIpc) is 2.91. The summed E-state index contributed by atoms with van der Waals surface area (Å²) in [6.07, 6.45) is 1.25. The molecule has 0 amide bonds. The van der Waals surface area contributed by atoms with Crippen molar-refractivity contribution in [3.8, 4) is 0 Å². The highest BCUT2D eigenvalue weighted by Gasteiger charge is 2.53. The van der Waals surface area contributed by atoms with Crippen molar-refractivity contribution in [3.05, 3.63) is 12.2 Å². The molecule has 3 atom stereocenters. The lowest BCUT2D eigenvalue weighted by atomic mass is 10.1. The lowest BCUT2D eigenvalue weighted by molar-refractivity contribution is -0.138. The van der Waals surface area contributed by atoms with Crippen LogP contribution < -0.4 is 0 Å². The lowest BCUT2D eigenvalue weighted by Gasteiger charge is -2.04. The zero-order valence-electron chi connectivity index (χ0n) is 8.49. The summed E-state index contributed by atoms with van der Waals surface area (Å²) >= 11 is 2.00. The van der Waals surface area contributed by atoms with Crippen molar-refractivity contribution in [1.82, 2.24) is 0 Å². The molecule has 3 unspecified atom stereocenters. The highest BCUT2D eigenvalue weighted by atomic mass is 32.2. The van der Waals surface area contributed by atoms with E-state index < -0.39 is 0 Å². The zero-order valence-corrected chi connectivity index (χ0v) is 9.31. The number of rotatable bonds is 3. The van der Waals surface area contributed by atoms with Gasteiger partial charge in [-0.1, -0.05) is 6.58 Å². The summed E-state index contributed by atoms with van der Waals surface area (Å²) < 4.78 is 4.97. The Labute approximate surface area is 89.1 Å². The molecule has 1 aliphatic carbocycles. The van der Waals surface area contributed by atoms with Crippen LogP contribution in [0.1, 0.15) is 13.3 Å². The number of carbonyl (C=O) groups is 1. The van der Waals surface area contributed by atoms with Gasteiger partial charge >= 0.3 is 5.97 Å². The number of ether oxygens (including phenoxy) is 1. The van der Waals surface area contributed by atoms with Gasteiger partial charge in [0, 0.05) is 5.57 Å². The molecule has 14 heavy (non-hydrogen) atoms. The van der Waals surface area contributed by atoms with Crippen molar-refractivity contribution in [2.45, 2.75) is 13.3 Å². The van der Waals surface area contributed by atoms with Crippen LogP contribution >= 0.6 is 11.8 Å². The Bertz CT molecular complexity index is 250. The predicted octanol–water partition coefficient (Wildman–Crippen LogP) is 2.10. The number of hydrogen-bond acceptors (Lipinski definition) is 3. The molecule has 78 valence electrons. The van der Waals surface area contributed by atoms with Crippen LogP contribution in [0.4, 0.5) is 0 Å². The fraction of sp³-hybridized carbons (Fsp3) is 0.727. The van der Waals surface area contributed by atoms with Crippen LogP contribution in [0.3, 0.4) is 0 Å². The maximum absolute atomic E-state index is 11.4. The molecule has 0 aromatic heterocycles. The largest absolute Gasteiger partial charge is 0.463 e. The summed E-state index contributed by atoms with van der Waals surface area (Å²) in [7, 11) is 0. The van der Waals surface area contributed by atoms with Gasteiger partial charge in [-0.05, 0) is 42.6 Å². The maximum atomic E-state index is 11.4. The van der Waals surface area contributed by atoms with E-state index >= 15 is 0 Å². The van der Waals surface area contributed by atoms with Crippen molar-refractivity contribution >= 4 is 17.7 Å². The third kappa shape index (κ3) is 1.70. The van der Waals surface area contributed by atoms with E-state index in [1.54, 1.807) is 0 Å². The van der Waals surface area contributed by atoms with Gasteiger partial charge in [-0.2, -0.15) is 11.8 Å². The highest BCUT2D eigenvalue weighted by molar-refractivity contribution is 7.99. The van der Waals surface area contributed by atoms with Gasteiger partial charge in [0.2, 0.25) is 0 Å². The van der Waals surface area contributed by atoms with Crippen LogP contribution in [0.15, 0.2) is 12.2 Å². The van der Waals surface area contributed by atoms with Crippen LogP contribution in [-0.2, 0) is 9.53 Å². The van der Waals surface area contributed by atoms with Crippen molar-refractivity contribution in [3.63, 3.8) is 0 Å². The minimum atomic E-state index is -0.183. The fourth-order valence-electron chi connectivity index (χ4n) is 2.38. The van der Waals surface area contributed by atoms with E-state index in [1.807, 2.05) is 18.7 Å². The van der Waals surface area contributed by atoms with Crippen LogP contribution in [0.2, 0.25) is 0 Å². The number of hydrogen-bond donors (Lipinski definition) is 0. The first-order valence-electron chi connectivity index (χ1n) is 5.19. The van der Waals surface area contributed by atoms with E-state index in [0.717, 1.165) is 5.92 Å². The molecular formula is C11H16O2S. The van der Waals surface area contributed by atoms with E-state index in [9.17, 15) is 4.79 Å². The zero-order chi connectivity index (χ0) is 10.1. The van der Waals surface area contributed by atoms with Crippen molar-refractivity contribution in [1.29, 1.82) is 0 Å². The third-order valence-corrected chi connectivity index (χ3v) is 4.32. The minimum absolute atomic E-state index is 0.183. The van der Waals surface area contributed by atoms with Crippen LogP contribution in [0, 0.1) is 17.8 Å². The molecule has 0 aromatic carbocycles. The molecular weight excluding hydrogens is 196 g/mol. The SMILES string of the molecule is C=C(C(=O)OCC)C1C2CCSCC21. The van der Waals surface area contributed by atoms with E-state index in [2.05, 4.69) is 6.58 Å². The summed E-state index contributed by atoms with van der Waals surface area (Å²) in [5, 5.41) is 0. The van der Waals surface area contributed by atoms with Crippen molar-refractivity contribution in [2.75, 3.05) is 18.1 Å². The van der Waals surface area contributed by atoms with Crippen LogP contribution in [0.5, 0.6) is 0 Å². The summed E-state index contributed by atoms with van der Waals surface area (Å²) in [4.78, 5) is 11.4. The standard InChI is InChI=1S/C11H16O2S/c1-3-13-11(12)7(2)10-8-4-5-14-6-9(8)10/h8-10H,2-6H2,1H3. The second-order valence-corrected chi connectivity index (χ2v) is 5.11. The molecule has 2 fully saturated rings. The molecule has 0 radical (unpaired) electrons. The Kier molecular flexibility index (Phi) is 2.86. The molecule has 2 nitrogen and oxygen atoms in total. The van der Waals surface area contributed by atoms with Gasteiger partial charge in [-0.3, -0.25) is 0 Å². The molecule has 2 rings (SSSR count). The third-order valence-electron chi connectivity index (χ3n) is 3.18. The lowest BCUT2D eigenvalue weighted by Crippen LogP contribution is -2.09. The van der Waals surface area contributed by atoms with Crippen molar-refractivity contribution < 1.29 is 9.53 Å². The number of thioether (sulfide) groups is 1. The second kappa shape index (κ2) is 3.97. The first-order valence-corrected chi connectivity index (χ1v) is 6.34. The first kappa shape index (κ1) is 10.1. The Morgan fingerprint density at radius 1 is 1.57 bits per heavy atom. The molecule has 1 saturated carbocycles. The summed E-state index contributed by atoms with van der Waals surface area (Å²) in [6, 6.07) is 0. The summed E-state index contributed by atoms with van der Waals surface area (Å²) in [6.45, 7) is 6.16. The van der Waals surface area contributed by atoms with Crippen LogP contribution in [0.25, 0.3) is 0 Å². The molecule has 1 saturated heterocycles. The molecule has 0 bridgehead atoms. The Morgan fingerprint density at radius 3 is 2.93 bits per heavy atom. The number of carbonyl (C=O) groups excluding carboxylic acids is 1. The second-order valence-electron chi connectivity index (χ2n) is 3.96.